The van der Waals surface area contributed by atoms with Gasteiger partial charge in [-0.05, 0) is 19.1 Å². The van der Waals surface area contributed by atoms with Crippen molar-refractivity contribution in [3.05, 3.63) is 46.4 Å². The molecule has 0 unspecified atom stereocenters. The molecule has 0 fully saturated rings. The summed E-state index contributed by atoms with van der Waals surface area (Å²) in [6.45, 7) is 1.81. The van der Waals surface area contributed by atoms with Crippen LogP contribution in [-0.2, 0) is 0 Å². The van der Waals surface area contributed by atoms with E-state index in [-0.39, 0.29) is 11.6 Å². The van der Waals surface area contributed by atoms with Crippen LogP contribution in [0.4, 0.5) is 0 Å². The van der Waals surface area contributed by atoms with Crippen LogP contribution in [0.25, 0.3) is 17.1 Å². The molecule has 0 aliphatic carbocycles. The minimum Gasteiger partial charge on any atom is -0.422 e. The van der Waals surface area contributed by atoms with Crippen LogP contribution in [0.15, 0.2) is 39.5 Å². The molecule has 0 atom stereocenters. The van der Waals surface area contributed by atoms with E-state index < -0.39 is 0 Å². The summed E-state index contributed by atoms with van der Waals surface area (Å²) < 4.78 is 6.76. The number of fused-ring (bicyclic) bond motifs is 1. The fraction of sp³-hybridized carbons (Fsp3) is 0.0909. The normalized spacial score (nSPS) is 11.1. The molecule has 0 radical (unpaired) electrons. The largest absolute Gasteiger partial charge is 0.422 e. The summed E-state index contributed by atoms with van der Waals surface area (Å²) in [6, 6.07) is 9.14. The van der Waals surface area contributed by atoms with E-state index in [0.29, 0.717) is 5.58 Å². The molecule has 0 bridgehead atoms. The summed E-state index contributed by atoms with van der Waals surface area (Å²) >= 11 is 0. The summed E-state index contributed by atoms with van der Waals surface area (Å²) in [6.07, 6.45) is 0. The van der Waals surface area contributed by atoms with E-state index in [9.17, 15) is 4.79 Å². The maximum atomic E-state index is 11.5. The van der Waals surface area contributed by atoms with E-state index in [0.717, 1.165) is 11.2 Å². The topological polar surface area (TPSA) is 63.8 Å². The maximum absolute atomic E-state index is 11.5. The Balaban J connectivity index is 2.26. The fourth-order valence-corrected chi connectivity index (χ4v) is 1.61. The number of hydrogen-bond donors (Lipinski definition) is 1. The van der Waals surface area contributed by atoms with E-state index in [1.807, 2.05) is 24.3 Å². The first-order valence-corrected chi connectivity index (χ1v) is 4.89. The molecule has 2 aromatic heterocycles. The Kier molecular flexibility index (Phi) is 1.73. The van der Waals surface area contributed by atoms with E-state index >= 15 is 0 Å². The molecule has 5 heteroatoms. The number of benzene rings is 1. The maximum Gasteiger partial charge on any atom is 0.325 e. The van der Waals surface area contributed by atoms with Crippen LogP contribution in [0.1, 0.15) is 5.69 Å². The number of rotatable bonds is 1. The average molecular weight is 215 g/mol. The van der Waals surface area contributed by atoms with Crippen molar-refractivity contribution in [2.75, 3.05) is 0 Å². The third-order valence-corrected chi connectivity index (χ3v) is 2.32. The van der Waals surface area contributed by atoms with Crippen molar-refractivity contribution in [2.45, 2.75) is 6.92 Å². The Hall–Kier alpha value is -2.30. The van der Waals surface area contributed by atoms with Gasteiger partial charge in [-0.2, -0.15) is 9.67 Å². The van der Waals surface area contributed by atoms with Crippen LogP contribution in [0.5, 0.6) is 0 Å². The van der Waals surface area contributed by atoms with Gasteiger partial charge in [-0.1, -0.05) is 12.1 Å². The molecular formula is C11H9N3O2. The molecule has 0 amide bonds. The molecule has 3 aromatic rings. The van der Waals surface area contributed by atoms with E-state index in [2.05, 4.69) is 10.1 Å². The summed E-state index contributed by atoms with van der Waals surface area (Å²) in [5.41, 5.74) is 1.99. The fourth-order valence-electron chi connectivity index (χ4n) is 1.61. The average Bonchev–Trinajstić information content (AvgIpc) is 2.81. The molecule has 0 aliphatic heterocycles. The Bertz CT molecular complexity index is 672. The van der Waals surface area contributed by atoms with Crippen molar-refractivity contribution >= 4 is 11.1 Å². The van der Waals surface area contributed by atoms with Gasteiger partial charge in [0.2, 0.25) is 0 Å². The van der Waals surface area contributed by atoms with Gasteiger partial charge in [-0.15, -0.1) is 0 Å². The molecule has 0 saturated heterocycles. The van der Waals surface area contributed by atoms with Crippen molar-refractivity contribution < 1.29 is 4.42 Å². The van der Waals surface area contributed by atoms with Crippen LogP contribution in [0.2, 0.25) is 0 Å². The third kappa shape index (κ3) is 1.25. The van der Waals surface area contributed by atoms with Gasteiger partial charge in [0.05, 0.1) is 0 Å². The van der Waals surface area contributed by atoms with Crippen molar-refractivity contribution in [3.63, 3.8) is 0 Å². The minimum absolute atomic E-state index is 0.177. The van der Waals surface area contributed by atoms with Gasteiger partial charge in [0.25, 0.3) is 5.56 Å². The van der Waals surface area contributed by atoms with Crippen molar-refractivity contribution in [2.24, 2.45) is 0 Å². The molecule has 2 heterocycles. The number of oxazole rings is 1. The molecule has 5 nitrogen and oxygen atoms in total. The number of para-hydroxylation sites is 2. The molecule has 0 spiro atoms. The minimum atomic E-state index is -0.177. The van der Waals surface area contributed by atoms with Crippen molar-refractivity contribution in [1.29, 1.82) is 0 Å². The van der Waals surface area contributed by atoms with E-state index in [1.54, 1.807) is 6.92 Å². The van der Waals surface area contributed by atoms with Gasteiger partial charge < -0.3 is 4.42 Å². The lowest BCUT2D eigenvalue weighted by molar-refractivity contribution is 0.536. The second kappa shape index (κ2) is 3.10. The zero-order valence-electron chi connectivity index (χ0n) is 8.60. The standard InChI is InChI=1S/C11H9N3O2/c1-7-6-10(15)14(13-7)11-12-8-4-2-3-5-9(8)16-11/h2-6,13H,1H3. The highest BCUT2D eigenvalue weighted by atomic mass is 16.4. The smallest absolute Gasteiger partial charge is 0.325 e. The number of nitrogens with zero attached hydrogens (tertiary/aromatic N) is 2. The van der Waals surface area contributed by atoms with Crippen LogP contribution >= 0.6 is 0 Å². The molecule has 3 rings (SSSR count). The number of aromatic nitrogens is 3. The Labute approximate surface area is 90.3 Å². The molecule has 0 aliphatic rings. The van der Waals surface area contributed by atoms with Gasteiger partial charge >= 0.3 is 6.01 Å². The lowest BCUT2D eigenvalue weighted by atomic mass is 10.3. The number of H-pyrrole nitrogens is 1. The van der Waals surface area contributed by atoms with Gasteiger partial charge in [-0.25, -0.2) is 0 Å². The summed E-state index contributed by atoms with van der Waals surface area (Å²) in [7, 11) is 0. The number of nitrogens with one attached hydrogen (secondary N) is 1. The first kappa shape index (κ1) is 8.96. The molecule has 16 heavy (non-hydrogen) atoms. The van der Waals surface area contributed by atoms with Gasteiger partial charge in [0, 0.05) is 11.8 Å². The number of aromatic amines is 1. The van der Waals surface area contributed by atoms with Gasteiger partial charge in [0.1, 0.15) is 5.52 Å². The number of hydrogen-bond acceptors (Lipinski definition) is 3. The third-order valence-electron chi connectivity index (χ3n) is 2.32. The van der Waals surface area contributed by atoms with E-state index in [1.165, 1.54) is 10.7 Å². The highest BCUT2D eigenvalue weighted by molar-refractivity contribution is 5.73. The van der Waals surface area contributed by atoms with Crippen LogP contribution < -0.4 is 5.56 Å². The predicted octanol–water partition coefficient (Wildman–Crippen LogP) is 1.62. The molecule has 80 valence electrons. The van der Waals surface area contributed by atoms with Crippen molar-refractivity contribution in [1.82, 2.24) is 14.8 Å². The lowest BCUT2D eigenvalue weighted by Gasteiger charge is -1.91. The lowest BCUT2D eigenvalue weighted by Crippen LogP contribution is -2.13. The van der Waals surface area contributed by atoms with Crippen molar-refractivity contribution in [3.8, 4) is 6.01 Å². The number of aryl methyl sites for hydroxylation is 1. The first-order valence-electron chi connectivity index (χ1n) is 4.89. The second-order valence-electron chi connectivity index (χ2n) is 3.58. The second-order valence-corrected chi connectivity index (χ2v) is 3.58. The predicted molar refractivity (Wildman–Crippen MR) is 58.7 cm³/mol. The van der Waals surface area contributed by atoms with Crippen LogP contribution in [-0.4, -0.2) is 14.8 Å². The van der Waals surface area contributed by atoms with E-state index in [4.69, 9.17) is 4.42 Å². The highest BCUT2D eigenvalue weighted by Crippen LogP contribution is 2.16. The Morgan fingerprint density at radius 1 is 1.38 bits per heavy atom. The summed E-state index contributed by atoms with van der Waals surface area (Å²) in [4.78, 5) is 15.8. The highest BCUT2D eigenvalue weighted by Gasteiger charge is 2.09. The monoisotopic (exact) mass is 215 g/mol. The van der Waals surface area contributed by atoms with Gasteiger partial charge in [0.15, 0.2) is 5.58 Å². The molecular weight excluding hydrogens is 206 g/mol. The first-order chi connectivity index (χ1) is 7.74. The quantitative estimate of drug-likeness (QED) is 0.670. The zero-order chi connectivity index (χ0) is 11.1. The zero-order valence-corrected chi connectivity index (χ0v) is 8.60. The summed E-state index contributed by atoms with van der Waals surface area (Å²) in [5, 5.41) is 2.87. The molecule has 1 aromatic carbocycles. The van der Waals surface area contributed by atoms with Crippen LogP contribution in [0, 0.1) is 6.92 Å². The SMILES string of the molecule is Cc1cc(=O)n(-c2nc3ccccc3o2)[nH]1. The Morgan fingerprint density at radius 3 is 2.88 bits per heavy atom. The van der Waals surface area contributed by atoms with Gasteiger partial charge in [-0.3, -0.25) is 9.89 Å². The summed E-state index contributed by atoms with van der Waals surface area (Å²) in [5.74, 6) is 0. The Morgan fingerprint density at radius 2 is 2.19 bits per heavy atom. The molecule has 1 N–H and O–H groups in total. The van der Waals surface area contributed by atoms with Crippen LogP contribution in [0.3, 0.4) is 0 Å². The molecule has 0 saturated carbocycles.